The molecular formula is C12H16FN3O5. The number of carbonyl (C=O) groups excluding carboxylic acids is 1. The zero-order chi connectivity index (χ0) is 15.8. The Balaban J connectivity index is 2.34. The summed E-state index contributed by atoms with van der Waals surface area (Å²) in [5, 5.41) is 21.1. The summed E-state index contributed by atoms with van der Waals surface area (Å²) in [6.07, 6.45) is -2.92. The third-order valence-electron chi connectivity index (χ3n) is 3.28. The van der Waals surface area contributed by atoms with Crippen molar-refractivity contribution >= 4 is 11.7 Å². The second-order valence-electron chi connectivity index (χ2n) is 4.99. The van der Waals surface area contributed by atoms with E-state index in [1.165, 1.54) is 19.2 Å². The Kier molecular flexibility index (Phi) is 4.08. The number of aromatic nitrogens is 2. The van der Waals surface area contributed by atoms with E-state index in [0.717, 1.165) is 11.5 Å². The van der Waals surface area contributed by atoms with Crippen LogP contribution in [0, 0.1) is 0 Å². The van der Waals surface area contributed by atoms with Crippen LogP contribution >= 0.6 is 0 Å². The number of hydrogen-bond donors (Lipinski definition) is 3. The highest BCUT2D eigenvalue weighted by atomic mass is 19.1. The number of anilines is 1. The first-order chi connectivity index (χ1) is 9.77. The van der Waals surface area contributed by atoms with Crippen molar-refractivity contribution in [3.63, 3.8) is 0 Å². The van der Waals surface area contributed by atoms with Gasteiger partial charge in [-0.25, -0.2) is 9.18 Å². The van der Waals surface area contributed by atoms with E-state index in [1.54, 1.807) is 0 Å². The largest absolute Gasteiger partial charge is 0.394 e. The topological polar surface area (TPSA) is 114 Å². The van der Waals surface area contributed by atoms with Crippen LogP contribution < -0.4 is 11.0 Å². The molecule has 0 aromatic carbocycles. The molecule has 0 aliphatic carbocycles. The van der Waals surface area contributed by atoms with Gasteiger partial charge in [0.05, 0.1) is 6.61 Å². The van der Waals surface area contributed by atoms with Crippen LogP contribution in [0.15, 0.2) is 17.1 Å². The maximum Gasteiger partial charge on any atom is 0.351 e. The van der Waals surface area contributed by atoms with Gasteiger partial charge >= 0.3 is 5.69 Å². The van der Waals surface area contributed by atoms with Crippen molar-refractivity contribution in [3.05, 3.63) is 22.7 Å². The van der Waals surface area contributed by atoms with Crippen molar-refractivity contribution in [1.82, 2.24) is 9.55 Å². The molecule has 1 fully saturated rings. The van der Waals surface area contributed by atoms with Gasteiger partial charge in [0.25, 0.3) is 0 Å². The molecule has 0 spiro atoms. The Morgan fingerprint density at radius 1 is 1.67 bits per heavy atom. The lowest BCUT2D eigenvalue weighted by Gasteiger charge is -2.24. The molecule has 21 heavy (non-hydrogen) atoms. The summed E-state index contributed by atoms with van der Waals surface area (Å²) in [5.74, 6) is -0.371. The monoisotopic (exact) mass is 301 g/mol. The van der Waals surface area contributed by atoms with Crippen molar-refractivity contribution in [2.75, 3.05) is 11.9 Å². The number of halogens is 1. The van der Waals surface area contributed by atoms with Crippen LogP contribution in [0.2, 0.25) is 0 Å². The van der Waals surface area contributed by atoms with Crippen LogP contribution in [0.4, 0.5) is 10.2 Å². The Morgan fingerprint density at radius 3 is 2.81 bits per heavy atom. The van der Waals surface area contributed by atoms with Crippen LogP contribution in [-0.4, -0.2) is 50.2 Å². The summed E-state index contributed by atoms with van der Waals surface area (Å²) in [6, 6.07) is 1.31. The molecule has 0 radical (unpaired) electrons. The summed E-state index contributed by atoms with van der Waals surface area (Å²) in [4.78, 5) is 26.4. The van der Waals surface area contributed by atoms with Crippen LogP contribution in [0.25, 0.3) is 0 Å². The molecule has 3 N–H and O–H groups in total. The number of ether oxygens (including phenoxy) is 1. The number of rotatable bonds is 3. The SMILES string of the molecule is CC(=O)Nc1ccn([C@@H]2O[C@H](CO)C(O)C2(C)F)c(=O)n1. The molecule has 116 valence electrons. The lowest BCUT2D eigenvalue weighted by Crippen LogP contribution is -2.42. The van der Waals surface area contributed by atoms with Crippen molar-refractivity contribution in [2.24, 2.45) is 0 Å². The van der Waals surface area contributed by atoms with Gasteiger partial charge in [-0.3, -0.25) is 9.36 Å². The lowest BCUT2D eigenvalue weighted by atomic mass is 9.98. The fourth-order valence-corrected chi connectivity index (χ4v) is 2.20. The van der Waals surface area contributed by atoms with E-state index in [2.05, 4.69) is 10.3 Å². The molecule has 2 unspecified atom stereocenters. The van der Waals surface area contributed by atoms with Gasteiger partial charge in [-0.2, -0.15) is 4.98 Å². The zero-order valence-electron chi connectivity index (χ0n) is 11.5. The maximum atomic E-state index is 14.5. The van der Waals surface area contributed by atoms with Gasteiger partial charge in [0.1, 0.15) is 18.0 Å². The van der Waals surface area contributed by atoms with Gasteiger partial charge in [0.15, 0.2) is 11.9 Å². The Hall–Kier alpha value is -1.84. The van der Waals surface area contributed by atoms with Crippen molar-refractivity contribution in [1.29, 1.82) is 0 Å². The molecule has 9 heteroatoms. The average Bonchev–Trinajstić information content (AvgIpc) is 2.61. The summed E-state index contributed by atoms with van der Waals surface area (Å²) in [5.41, 5.74) is -3.12. The fraction of sp³-hybridized carbons (Fsp3) is 0.583. The van der Waals surface area contributed by atoms with Gasteiger partial charge in [-0.15, -0.1) is 0 Å². The Morgan fingerprint density at radius 2 is 2.33 bits per heavy atom. The number of nitrogens with zero attached hydrogens (tertiary/aromatic N) is 2. The molecule has 2 heterocycles. The van der Waals surface area contributed by atoms with E-state index in [1.807, 2.05) is 0 Å². The second-order valence-corrected chi connectivity index (χ2v) is 4.99. The molecule has 4 atom stereocenters. The zero-order valence-corrected chi connectivity index (χ0v) is 11.5. The molecular weight excluding hydrogens is 285 g/mol. The third kappa shape index (κ3) is 2.80. The number of nitrogens with one attached hydrogen (secondary N) is 1. The fourth-order valence-electron chi connectivity index (χ4n) is 2.20. The van der Waals surface area contributed by atoms with E-state index < -0.39 is 42.3 Å². The van der Waals surface area contributed by atoms with Crippen LogP contribution in [-0.2, 0) is 9.53 Å². The molecule has 0 saturated carbocycles. The van der Waals surface area contributed by atoms with Crippen LogP contribution in [0.1, 0.15) is 20.1 Å². The number of hydrogen-bond acceptors (Lipinski definition) is 6. The smallest absolute Gasteiger partial charge is 0.351 e. The molecule has 1 aromatic rings. The van der Waals surface area contributed by atoms with Gasteiger partial charge in [-0.1, -0.05) is 0 Å². The van der Waals surface area contributed by atoms with Crippen molar-refractivity contribution in [2.45, 2.75) is 38.0 Å². The predicted molar refractivity (Wildman–Crippen MR) is 69.3 cm³/mol. The van der Waals surface area contributed by atoms with Gasteiger partial charge < -0.3 is 20.3 Å². The molecule has 2 rings (SSSR count). The van der Waals surface area contributed by atoms with Crippen molar-refractivity contribution in [3.8, 4) is 0 Å². The lowest BCUT2D eigenvalue weighted by molar-refractivity contribution is -0.114. The Bertz CT molecular complexity index is 603. The molecule has 0 bridgehead atoms. The van der Waals surface area contributed by atoms with Crippen LogP contribution in [0.5, 0.6) is 0 Å². The highest BCUT2D eigenvalue weighted by molar-refractivity contribution is 5.87. The van der Waals surface area contributed by atoms with Gasteiger partial charge in [0.2, 0.25) is 5.91 Å². The molecule has 1 aromatic heterocycles. The average molecular weight is 301 g/mol. The minimum Gasteiger partial charge on any atom is -0.394 e. The number of aliphatic hydroxyl groups is 2. The summed E-state index contributed by atoms with van der Waals surface area (Å²) < 4.78 is 20.6. The van der Waals surface area contributed by atoms with Gasteiger partial charge in [-0.05, 0) is 13.0 Å². The molecule has 8 nitrogen and oxygen atoms in total. The summed E-state index contributed by atoms with van der Waals surface area (Å²) in [6.45, 7) is 1.75. The van der Waals surface area contributed by atoms with E-state index >= 15 is 0 Å². The number of alkyl halides is 1. The first-order valence-corrected chi connectivity index (χ1v) is 6.27. The van der Waals surface area contributed by atoms with Gasteiger partial charge in [0, 0.05) is 13.1 Å². The number of amides is 1. The molecule has 1 aliphatic heterocycles. The van der Waals surface area contributed by atoms with E-state index in [9.17, 15) is 19.1 Å². The first kappa shape index (κ1) is 15.5. The second kappa shape index (κ2) is 5.51. The first-order valence-electron chi connectivity index (χ1n) is 6.27. The minimum absolute atomic E-state index is 0.0292. The highest BCUT2D eigenvalue weighted by Gasteiger charge is 2.55. The minimum atomic E-state index is -2.27. The Labute approximate surface area is 119 Å². The number of aliphatic hydroxyl groups excluding tert-OH is 2. The quantitative estimate of drug-likeness (QED) is 0.672. The van der Waals surface area contributed by atoms with E-state index in [-0.39, 0.29) is 5.82 Å². The summed E-state index contributed by atoms with van der Waals surface area (Å²) >= 11 is 0. The standard InChI is InChI=1S/C12H16FN3O5/c1-6(18)14-8-3-4-16(11(20)15-8)10-12(2,13)9(19)7(5-17)21-10/h3-4,7,9-10,17,19H,5H2,1-2H3,(H,14,15,18,20)/t7-,9?,10-,12?/m1/s1. The molecule has 1 amide bonds. The van der Waals surface area contributed by atoms with E-state index in [4.69, 9.17) is 9.84 Å². The summed E-state index contributed by atoms with van der Waals surface area (Å²) in [7, 11) is 0. The maximum absolute atomic E-state index is 14.5. The van der Waals surface area contributed by atoms with Crippen molar-refractivity contribution < 1.29 is 24.1 Å². The van der Waals surface area contributed by atoms with E-state index in [0.29, 0.717) is 0 Å². The molecule has 1 aliphatic rings. The highest BCUT2D eigenvalue weighted by Crippen LogP contribution is 2.40. The third-order valence-corrected chi connectivity index (χ3v) is 3.28. The normalized spacial score (nSPS) is 32.1. The molecule has 1 saturated heterocycles. The van der Waals surface area contributed by atoms with Crippen LogP contribution in [0.3, 0.4) is 0 Å². The predicted octanol–water partition coefficient (Wildman–Crippen LogP) is -0.820. The number of carbonyl (C=O) groups is 1.